The molecule has 0 amide bonds. The third kappa shape index (κ3) is 1.86. The van der Waals surface area contributed by atoms with E-state index in [1.807, 2.05) is 13.8 Å². The summed E-state index contributed by atoms with van der Waals surface area (Å²) in [6, 6.07) is 1.44. The molecule has 0 aromatic carbocycles. The lowest BCUT2D eigenvalue weighted by molar-refractivity contribution is 0.0683. The van der Waals surface area contributed by atoms with E-state index in [2.05, 4.69) is 0 Å². The van der Waals surface area contributed by atoms with E-state index in [0.29, 0.717) is 5.56 Å². The number of carboxylic acids is 1. The number of aromatic nitrogens is 1. The summed E-state index contributed by atoms with van der Waals surface area (Å²) < 4.78 is 1.08. The fourth-order valence-corrected chi connectivity index (χ4v) is 1.49. The maximum absolute atomic E-state index is 11.4. The molecule has 1 heterocycles. The van der Waals surface area contributed by atoms with Crippen LogP contribution in [0.5, 0.6) is 0 Å². The molecule has 0 saturated heterocycles. The number of carbonyl (C=O) groups is 1. The lowest BCUT2D eigenvalue weighted by atomic mass is 10.0. The van der Waals surface area contributed by atoms with Crippen LogP contribution in [-0.4, -0.2) is 15.6 Å². The minimum absolute atomic E-state index is 0.00389. The van der Waals surface area contributed by atoms with Gasteiger partial charge in [0.15, 0.2) is 0 Å². The summed E-state index contributed by atoms with van der Waals surface area (Å²) in [7, 11) is 1.41. The fourth-order valence-electron chi connectivity index (χ4n) is 1.49. The van der Waals surface area contributed by atoms with E-state index in [1.54, 1.807) is 0 Å². The molecule has 0 unspecified atom stereocenters. The Morgan fingerprint density at radius 2 is 2.07 bits per heavy atom. The predicted octanol–water partition coefficient (Wildman–Crippen LogP) is 0.789. The summed E-state index contributed by atoms with van der Waals surface area (Å²) in [5, 5.41) is 9.01. The molecule has 3 N–H and O–H groups in total. The van der Waals surface area contributed by atoms with Gasteiger partial charge in [-0.1, -0.05) is 13.8 Å². The molecule has 0 aliphatic rings. The standard InChI is InChI=1S/C10H14N2O3/c1-5(2)6-4-7(11)9(13)12(3)8(6)10(14)15/h4-5H,11H2,1-3H3,(H,14,15). The lowest BCUT2D eigenvalue weighted by Gasteiger charge is -2.14. The lowest BCUT2D eigenvalue weighted by Crippen LogP contribution is -2.27. The molecule has 0 spiro atoms. The smallest absolute Gasteiger partial charge is 0.352 e. The second-order valence-electron chi connectivity index (χ2n) is 3.73. The molecule has 5 heteroatoms. The van der Waals surface area contributed by atoms with Crippen LogP contribution < -0.4 is 11.3 Å². The molecule has 0 bridgehead atoms. The number of nitrogens with two attached hydrogens (primary N) is 1. The first-order valence-electron chi connectivity index (χ1n) is 4.59. The van der Waals surface area contributed by atoms with Crippen molar-refractivity contribution in [3.8, 4) is 0 Å². The van der Waals surface area contributed by atoms with E-state index in [-0.39, 0.29) is 17.3 Å². The van der Waals surface area contributed by atoms with E-state index in [0.717, 1.165) is 4.57 Å². The van der Waals surface area contributed by atoms with Crippen molar-refractivity contribution in [3.05, 3.63) is 27.7 Å². The number of nitrogens with zero attached hydrogens (tertiary/aromatic N) is 1. The molecular weight excluding hydrogens is 196 g/mol. The number of hydrogen-bond acceptors (Lipinski definition) is 3. The molecule has 0 atom stereocenters. The summed E-state index contributed by atoms with van der Waals surface area (Å²) >= 11 is 0. The molecule has 1 aromatic heterocycles. The summed E-state index contributed by atoms with van der Waals surface area (Å²) in [5.74, 6) is -1.11. The third-order valence-electron chi connectivity index (χ3n) is 2.30. The average molecular weight is 210 g/mol. The van der Waals surface area contributed by atoms with E-state index >= 15 is 0 Å². The summed E-state index contributed by atoms with van der Waals surface area (Å²) in [4.78, 5) is 22.5. The van der Waals surface area contributed by atoms with Gasteiger partial charge in [-0.3, -0.25) is 4.79 Å². The van der Waals surface area contributed by atoms with Crippen LogP contribution in [0.25, 0.3) is 0 Å². The first-order chi connectivity index (χ1) is 6.86. The molecular formula is C10H14N2O3. The van der Waals surface area contributed by atoms with Crippen molar-refractivity contribution >= 4 is 11.7 Å². The molecule has 15 heavy (non-hydrogen) atoms. The Kier molecular flexibility index (Phi) is 2.83. The van der Waals surface area contributed by atoms with E-state index in [9.17, 15) is 9.59 Å². The molecule has 0 saturated carbocycles. The number of pyridine rings is 1. The maximum atomic E-state index is 11.4. The van der Waals surface area contributed by atoms with Gasteiger partial charge in [-0.2, -0.15) is 0 Å². The minimum atomic E-state index is -1.11. The normalized spacial score (nSPS) is 10.7. The molecule has 0 radical (unpaired) electrons. The Hall–Kier alpha value is -1.78. The van der Waals surface area contributed by atoms with Crippen LogP contribution in [0.3, 0.4) is 0 Å². The Labute approximate surface area is 87.1 Å². The molecule has 0 aliphatic carbocycles. The van der Waals surface area contributed by atoms with Gasteiger partial charge in [0.1, 0.15) is 5.69 Å². The second kappa shape index (κ2) is 3.76. The van der Waals surface area contributed by atoms with E-state index in [1.165, 1.54) is 13.1 Å². The Bertz CT molecular complexity index is 460. The van der Waals surface area contributed by atoms with Gasteiger partial charge in [0, 0.05) is 7.05 Å². The van der Waals surface area contributed by atoms with Gasteiger partial charge in [-0.15, -0.1) is 0 Å². The van der Waals surface area contributed by atoms with Crippen molar-refractivity contribution in [2.75, 3.05) is 5.73 Å². The van der Waals surface area contributed by atoms with Crippen molar-refractivity contribution in [1.29, 1.82) is 0 Å². The number of carboxylic acid groups (broad SMARTS) is 1. The topological polar surface area (TPSA) is 85.3 Å². The molecule has 5 nitrogen and oxygen atoms in total. The van der Waals surface area contributed by atoms with Crippen molar-refractivity contribution in [2.45, 2.75) is 19.8 Å². The molecule has 0 aliphatic heterocycles. The van der Waals surface area contributed by atoms with Crippen LogP contribution >= 0.6 is 0 Å². The quantitative estimate of drug-likeness (QED) is 0.755. The SMILES string of the molecule is CC(C)c1cc(N)c(=O)n(C)c1C(=O)O. The largest absolute Gasteiger partial charge is 0.477 e. The second-order valence-corrected chi connectivity index (χ2v) is 3.73. The summed E-state index contributed by atoms with van der Waals surface area (Å²) in [6.45, 7) is 3.71. The Balaban J connectivity index is 3.66. The van der Waals surface area contributed by atoms with Gasteiger partial charge in [0.05, 0.1) is 5.69 Å². The van der Waals surface area contributed by atoms with Gasteiger partial charge >= 0.3 is 5.97 Å². The number of rotatable bonds is 2. The van der Waals surface area contributed by atoms with Gasteiger partial charge in [-0.05, 0) is 17.5 Å². The first-order valence-corrected chi connectivity index (χ1v) is 4.59. The van der Waals surface area contributed by atoms with E-state index < -0.39 is 11.5 Å². The highest BCUT2D eigenvalue weighted by Crippen LogP contribution is 2.19. The first kappa shape index (κ1) is 11.3. The van der Waals surface area contributed by atoms with Crippen LogP contribution in [0, 0.1) is 0 Å². The van der Waals surface area contributed by atoms with Gasteiger partial charge in [0.25, 0.3) is 5.56 Å². The van der Waals surface area contributed by atoms with Crippen molar-refractivity contribution < 1.29 is 9.90 Å². The van der Waals surface area contributed by atoms with Crippen molar-refractivity contribution in [1.82, 2.24) is 4.57 Å². The molecule has 82 valence electrons. The maximum Gasteiger partial charge on any atom is 0.352 e. The molecule has 1 aromatic rings. The van der Waals surface area contributed by atoms with Crippen LogP contribution in [-0.2, 0) is 7.05 Å². The number of aromatic carboxylic acids is 1. The van der Waals surface area contributed by atoms with E-state index in [4.69, 9.17) is 10.8 Å². The van der Waals surface area contributed by atoms with Crippen LogP contribution in [0.4, 0.5) is 5.69 Å². The van der Waals surface area contributed by atoms with Crippen LogP contribution in [0.15, 0.2) is 10.9 Å². The fraction of sp³-hybridized carbons (Fsp3) is 0.400. The molecule has 0 fully saturated rings. The van der Waals surface area contributed by atoms with Crippen molar-refractivity contribution in [2.24, 2.45) is 7.05 Å². The van der Waals surface area contributed by atoms with Gasteiger partial charge < -0.3 is 15.4 Å². The zero-order valence-electron chi connectivity index (χ0n) is 8.94. The predicted molar refractivity (Wildman–Crippen MR) is 57.1 cm³/mol. The summed E-state index contributed by atoms with van der Waals surface area (Å²) in [5.41, 5.74) is 5.68. The number of nitrogen functional groups attached to an aromatic ring is 1. The Morgan fingerprint density at radius 1 is 1.53 bits per heavy atom. The number of hydrogen-bond donors (Lipinski definition) is 2. The molecule has 1 rings (SSSR count). The van der Waals surface area contributed by atoms with Gasteiger partial charge in [-0.25, -0.2) is 4.79 Å². The zero-order chi connectivity index (χ0) is 11.7. The highest BCUT2D eigenvalue weighted by Gasteiger charge is 2.18. The third-order valence-corrected chi connectivity index (χ3v) is 2.30. The Morgan fingerprint density at radius 3 is 2.47 bits per heavy atom. The highest BCUT2D eigenvalue weighted by molar-refractivity contribution is 5.88. The number of anilines is 1. The minimum Gasteiger partial charge on any atom is -0.477 e. The average Bonchev–Trinajstić information content (AvgIpc) is 2.12. The summed E-state index contributed by atoms with van der Waals surface area (Å²) in [6.07, 6.45) is 0. The van der Waals surface area contributed by atoms with Crippen LogP contribution in [0.1, 0.15) is 35.8 Å². The van der Waals surface area contributed by atoms with Gasteiger partial charge in [0.2, 0.25) is 0 Å². The monoisotopic (exact) mass is 210 g/mol. The highest BCUT2D eigenvalue weighted by atomic mass is 16.4. The van der Waals surface area contributed by atoms with Crippen molar-refractivity contribution in [3.63, 3.8) is 0 Å². The van der Waals surface area contributed by atoms with Crippen LogP contribution in [0.2, 0.25) is 0 Å². The zero-order valence-corrected chi connectivity index (χ0v) is 8.94.